The zero-order valence-corrected chi connectivity index (χ0v) is 18.2. The van der Waals surface area contributed by atoms with Crippen molar-refractivity contribution in [2.75, 3.05) is 0 Å². The van der Waals surface area contributed by atoms with Gasteiger partial charge in [0, 0.05) is 51.9 Å². The molecule has 0 fully saturated rings. The molecule has 6 rings (SSSR count). The first-order valence-corrected chi connectivity index (χ1v) is 12.5. The van der Waals surface area contributed by atoms with Crippen LogP contribution in [0, 0.1) is 0 Å². The van der Waals surface area contributed by atoms with E-state index in [4.69, 9.17) is 0 Å². The van der Waals surface area contributed by atoms with Gasteiger partial charge in [-0.15, -0.1) is 22.7 Å². The third-order valence-corrected chi connectivity index (χ3v) is 8.80. The Morgan fingerprint density at radius 2 is 0.931 bits per heavy atom. The van der Waals surface area contributed by atoms with E-state index in [1.165, 1.54) is 51.5 Å². The standard InChI is InChI=1S/C26H18S3/c1-3-7-23-19(5-1)21-13-17(9-11-25(21)28-23)15-27-16-18-10-12-26-22(14-18)20-6-2-4-8-24(20)29-26/h1-14H,15-16H2. The van der Waals surface area contributed by atoms with Crippen LogP contribution in [0.5, 0.6) is 0 Å². The Bertz CT molecular complexity index is 1370. The summed E-state index contributed by atoms with van der Waals surface area (Å²) in [6.07, 6.45) is 0. The van der Waals surface area contributed by atoms with Crippen LogP contribution < -0.4 is 0 Å². The van der Waals surface area contributed by atoms with Gasteiger partial charge in [-0.1, -0.05) is 48.5 Å². The zero-order chi connectivity index (χ0) is 19.2. The van der Waals surface area contributed by atoms with Crippen LogP contribution in [0.25, 0.3) is 40.3 Å². The highest BCUT2D eigenvalue weighted by Crippen LogP contribution is 2.36. The summed E-state index contributed by atoms with van der Waals surface area (Å²) in [4.78, 5) is 0. The van der Waals surface area contributed by atoms with Crippen molar-refractivity contribution in [3.05, 3.63) is 96.1 Å². The maximum atomic E-state index is 2.39. The number of thiophene rings is 2. The van der Waals surface area contributed by atoms with E-state index >= 15 is 0 Å². The summed E-state index contributed by atoms with van der Waals surface area (Å²) in [5.41, 5.74) is 2.82. The van der Waals surface area contributed by atoms with Gasteiger partial charge in [-0.2, -0.15) is 11.8 Å². The minimum Gasteiger partial charge on any atom is -0.152 e. The van der Waals surface area contributed by atoms with Gasteiger partial charge in [0.15, 0.2) is 0 Å². The summed E-state index contributed by atoms with van der Waals surface area (Å²) in [6, 6.07) is 31.4. The second-order valence-corrected chi connectivity index (χ2v) is 10.5. The number of hydrogen-bond donors (Lipinski definition) is 0. The fourth-order valence-electron chi connectivity index (χ4n) is 4.01. The number of hydrogen-bond acceptors (Lipinski definition) is 3. The highest BCUT2D eigenvalue weighted by atomic mass is 32.2. The summed E-state index contributed by atoms with van der Waals surface area (Å²) >= 11 is 5.78. The first kappa shape index (κ1) is 17.5. The molecule has 4 aromatic carbocycles. The Balaban J connectivity index is 1.24. The molecular formula is C26H18S3. The largest absolute Gasteiger partial charge is 0.152 e. The average Bonchev–Trinajstić information content (AvgIpc) is 3.31. The first-order chi connectivity index (χ1) is 14.3. The van der Waals surface area contributed by atoms with Gasteiger partial charge in [0.05, 0.1) is 0 Å². The van der Waals surface area contributed by atoms with Crippen LogP contribution in [0.15, 0.2) is 84.9 Å². The summed E-state index contributed by atoms with van der Waals surface area (Å²) in [6.45, 7) is 0. The molecule has 0 atom stereocenters. The Labute approximate surface area is 181 Å². The smallest absolute Gasteiger partial charge is 0.0355 e. The molecule has 0 aliphatic heterocycles. The van der Waals surface area contributed by atoms with E-state index in [1.807, 2.05) is 34.4 Å². The number of fused-ring (bicyclic) bond motifs is 6. The Hall–Kier alpha value is -2.33. The van der Waals surface area contributed by atoms with E-state index < -0.39 is 0 Å². The lowest BCUT2D eigenvalue weighted by atomic mass is 10.1. The van der Waals surface area contributed by atoms with Crippen LogP contribution >= 0.6 is 34.4 Å². The van der Waals surface area contributed by atoms with Crippen LogP contribution in [0.1, 0.15) is 11.1 Å². The van der Waals surface area contributed by atoms with E-state index in [2.05, 4.69) is 84.9 Å². The molecule has 0 saturated heterocycles. The molecule has 140 valence electrons. The van der Waals surface area contributed by atoms with Gasteiger partial charge in [0.1, 0.15) is 0 Å². The minimum atomic E-state index is 1.04. The third kappa shape index (κ3) is 3.14. The van der Waals surface area contributed by atoms with Crippen molar-refractivity contribution in [2.24, 2.45) is 0 Å². The molecule has 2 heterocycles. The fraction of sp³-hybridized carbons (Fsp3) is 0.0769. The molecule has 0 unspecified atom stereocenters. The van der Waals surface area contributed by atoms with Crippen LogP contribution in [-0.4, -0.2) is 0 Å². The summed E-state index contributed by atoms with van der Waals surface area (Å²) in [5.74, 6) is 2.09. The van der Waals surface area contributed by atoms with E-state index in [9.17, 15) is 0 Å². The van der Waals surface area contributed by atoms with Gasteiger partial charge < -0.3 is 0 Å². The second-order valence-electron chi connectivity index (χ2n) is 7.35. The Kier molecular flexibility index (Phi) is 4.33. The molecule has 0 amide bonds. The van der Waals surface area contributed by atoms with Crippen LogP contribution in [-0.2, 0) is 11.5 Å². The predicted octanol–water partition coefficient (Wildman–Crippen LogP) is 8.86. The fourth-order valence-corrected chi connectivity index (χ4v) is 7.12. The van der Waals surface area contributed by atoms with Gasteiger partial charge in [-0.25, -0.2) is 0 Å². The molecule has 6 aromatic rings. The molecule has 29 heavy (non-hydrogen) atoms. The van der Waals surface area contributed by atoms with E-state index in [-0.39, 0.29) is 0 Å². The van der Waals surface area contributed by atoms with Gasteiger partial charge in [-0.3, -0.25) is 0 Å². The topological polar surface area (TPSA) is 0 Å². The SMILES string of the molecule is c1ccc2c(c1)sc1ccc(CSCc3ccc4sc5ccccc5c4c3)cc12. The van der Waals surface area contributed by atoms with Crippen LogP contribution in [0.3, 0.4) is 0 Å². The molecule has 0 aliphatic carbocycles. The maximum Gasteiger partial charge on any atom is 0.0355 e. The molecule has 0 aliphatic rings. The summed E-state index contributed by atoms with van der Waals surface area (Å²) < 4.78 is 5.52. The predicted molar refractivity (Wildman–Crippen MR) is 134 cm³/mol. The molecule has 0 spiro atoms. The van der Waals surface area contributed by atoms with Crippen molar-refractivity contribution in [1.82, 2.24) is 0 Å². The maximum absolute atomic E-state index is 2.39. The highest BCUT2D eigenvalue weighted by Gasteiger charge is 2.07. The van der Waals surface area contributed by atoms with Crippen molar-refractivity contribution >= 4 is 74.8 Å². The third-order valence-electron chi connectivity index (χ3n) is 5.42. The van der Waals surface area contributed by atoms with Crippen molar-refractivity contribution in [3.8, 4) is 0 Å². The molecular weight excluding hydrogens is 408 g/mol. The highest BCUT2D eigenvalue weighted by molar-refractivity contribution is 7.97. The van der Waals surface area contributed by atoms with Gasteiger partial charge in [0.2, 0.25) is 0 Å². The van der Waals surface area contributed by atoms with Crippen molar-refractivity contribution in [1.29, 1.82) is 0 Å². The lowest BCUT2D eigenvalue weighted by Crippen LogP contribution is -1.84. The molecule has 0 N–H and O–H groups in total. The molecule has 0 saturated carbocycles. The molecule has 0 nitrogen and oxygen atoms in total. The molecule has 2 aromatic heterocycles. The summed E-state index contributed by atoms with van der Waals surface area (Å²) in [5, 5.41) is 5.56. The van der Waals surface area contributed by atoms with E-state index in [0.29, 0.717) is 0 Å². The lowest BCUT2D eigenvalue weighted by molar-refractivity contribution is 1.39. The number of thioether (sulfide) groups is 1. The zero-order valence-electron chi connectivity index (χ0n) is 15.7. The van der Waals surface area contributed by atoms with Crippen LogP contribution in [0.4, 0.5) is 0 Å². The number of rotatable bonds is 4. The van der Waals surface area contributed by atoms with Crippen molar-refractivity contribution < 1.29 is 0 Å². The molecule has 0 radical (unpaired) electrons. The minimum absolute atomic E-state index is 1.04. The van der Waals surface area contributed by atoms with E-state index in [1.54, 1.807) is 0 Å². The second kappa shape index (κ2) is 7.17. The van der Waals surface area contributed by atoms with Crippen LogP contribution in [0.2, 0.25) is 0 Å². The first-order valence-electron chi connectivity index (χ1n) is 9.73. The Morgan fingerprint density at radius 1 is 0.483 bits per heavy atom. The number of benzene rings is 4. The average molecular weight is 427 g/mol. The lowest BCUT2D eigenvalue weighted by Gasteiger charge is -2.04. The van der Waals surface area contributed by atoms with E-state index in [0.717, 1.165) is 11.5 Å². The summed E-state index contributed by atoms with van der Waals surface area (Å²) in [7, 11) is 0. The van der Waals surface area contributed by atoms with Crippen molar-refractivity contribution in [2.45, 2.75) is 11.5 Å². The molecule has 3 heteroatoms. The van der Waals surface area contributed by atoms with Crippen molar-refractivity contribution in [3.63, 3.8) is 0 Å². The van der Waals surface area contributed by atoms with Gasteiger partial charge in [0.25, 0.3) is 0 Å². The monoisotopic (exact) mass is 426 g/mol. The normalized spacial score (nSPS) is 11.9. The van der Waals surface area contributed by atoms with Gasteiger partial charge >= 0.3 is 0 Å². The molecule has 0 bridgehead atoms. The quantitative estimate of drug-likeness (QED) is 0.271. The Morgan fingerprint density at radius 3 is 1.45 bits per heavy atom. The van der Waals surface area contributed by atoms with Gasteiger partial charge in [-0.05, 0) is 47.5 Å².